The number of rotatable bonds is 0. The molecule has 3 fully saturated rings. The molecule has 3 heteroatoms. The maximum absolute atomic E-state index is 11.7. The Bertz CT molecular complexity index is 403. The maximum Gasteiger partial charge on any atom is 0.334 e. The first-order valence-electron chi connectivity index (χ1n) is 7.01. The number of hydrogen-bond donors (Lipinski definition) is 1. The molecule has 1 saturated heterocycles. The Morgan fingerprint density at radius 3 is 2.89 bits per heavy atom. The summed E-state index contributed by atoms with van der Waals surface area (Å²) >= 11 is 0. The molecule has 0 amide bonds. The third-order valence-corrected chi connectivity index (χ3v) is 5.73. The van der Waals surface area contributed by atoms with Crippen LogP contribution in [-0.4, -0.2) is 23.3 Å². The van der Waals surface area contributed by atoms with Crippen molar-refractivity contribution in [2.24, 2.45) is 23.2 Å². The lowest BCUT2D eigenvalue weighted by Crippen LogP contribution is -2.35. The van der Waals surface area contributed by atoms with E-state index in [0.29, 0.717) is 17.4 Å². The second-order valence-corrected chi connectivity index (χ2v) is 6.70. The van der Waals surface area contributed by atoms with E-state index in [1.165, 1.54) is 0 Å². The number of aliphatic hydroxyl groups is 1. The van der Waals surface area contributed by atoms with Crippen LogP contribution in [0, 0.1) is 23.2 Å². The molecule has 0 aromatic heterocycles. The minimum absolute atomic E-state index is 0.00498. The molecular formula is C15H22O3. The molecule has 0 aromatic rings. The number of fused-ring (bicyclic) bond motifs is 2. The molecule has 18 heavy (non-hydrogen) atoms. The highest BCUT2D eigenvalue weighted by Crippen LogP contribution is 2.56. The van der Waals surface area contributed by atoms with Gasteiger partial charge >= 0.3 is 5.97 Å². The molecular weight excluding hydrogens is 228 g/mol. The molecule has 0 aromatic carbocycles. The standard InChI is InChI=1S/C15H22O3/c1-8-6-12-10(9(2)14(17)18-12)7-15(3)11(8)4-5-13(15)16/h8,10-13,16H,2,4-7H2,1,3H3/t8?,10-,11+,12+,13?,15+/m1/s1. The van der Waals surface area contributed by atoms with E-state index in [1.54, 1.807) is 0 Å². The molecule has 3 nitrogen and oxygen atoms in total. The molecule has 2 aliphatic carbocycles. The molecule has 100 valence electrons. The zero-order chi connectivity index (χ0) is 13.1. The van der Waals surface area contributed by atoms with Crippen LogP contribution in [0.4, 0.5) is 0 Å². The highest BCUT2D eigenvalue weighted by molar-refractivity contribution is 5.90. The minimum Gasteiger partial charge on any atom is -0.458 e. The lowest BCUT2D eigenvalue weighted by Gasteiger charge is -2.36. The molecule has 3 aliphatic rings. The monoisotopic (exact) mass is 250 g/mol. The molecule has 2 unspecified atom stereocenters. The smallest absolute Gasteiger partial charge is 0.334 e. The van der Waals surface area contributed by atoms with Gasteiger partial charge in [-0.05, 0) is 42.9 Å². The summed E-state index contributed by atoms with van der Waals surface area (Å²) < 4.78 is 5.45. The van der Waals surface area contributed by atoms with Gasteiger partial charge in [0.15, 0.2) is 0 Å². The highest BCUT2D eigenvalue weighted by Gasteiger charge is 2.55. The van der Waals surface area contributed by atoms with Gasteiger partial charge in [-0.3, -0.25) is 0 Å². The van der Waals surface area contributed by atoms with Gasteiger partial charge in [-0.15, -0.1) is 0 Å². The Kier molecular flexibility index (Phi) is 2.60. The van der Waals surface area contributed by atoms with E-state index in [1.807, 2.05) is 0 Å². The lowest BCUT2D eigenvalue weighted by atomic mass is 9.69. The van der Waals surface area contributed by atoms with Gasteiger partial charge in [0.05, 0.1) is 6.10 Å². The second kappa shape index (κ2) is 3.83. The SMILES string of the molecule is C=C1C(=O)O[C@H]2CC(C)[C@@H]3CCC(O)[C@@]3(C)C[C@H]12. The van der Waals surface area contributed by atoms with E-state index in [4.69, 9.17) is 4.74 Å². The fraction of sp³-hybridized carbons (Fsp3) is 0.800. The van der Waals surface area contributed by atoms with Gasteiger partial charge in [0.25, 0.3) is 0 Å². The molecule has 0 bridgehead atoms. The predicted molar refractivity (Wildman–Crippen MR) is 67.7 cm³/mol. The Hall–Kier alpha value is -0.830. The highest BCUT2D eigenvalue weighted by atomic mass is 16.6. The van der Waals surface area contributed by atoms with Crippen molar-refractivity contribution < 1.29 is 14.6 Å². The van der Waals surface area contributed by atoms with Crippen molar-refractivity contribution in [3.63, 3.8) is 0 Å². The van der Waals surface area contributed by atoms with Crippen LogP contribution in [0.3, 0.4) is 0 Å². The normalized spacial score (nSPS) is 51.6. The van der Waals surface area contributed by atoms with Crippen molar-refractivity contribution in [2.75, 3.05) is 0 Å². The van der Waals surface area contributed by atoms with Crippen LogP contribution in [0.1, 0.15) is 39.5 Å². The molecule has 2 saturated carbocycles. The van der Waals surface area contributed by atoms with Gasteiger partial charge in [0.2, 0.25) is 0 Å². The summed E-state index contributed by atoms with van der Waals surface area (Å²) in [6, 6.07) is 0. The quantitative estimate of drug-likeness (QED) is 0.530. The number of hydrogen-bond acceptors (Lipinski definition) is 3. The average Bonchev–Trinajstić information content (AvgIpc) is 2.69. The predicted octanol–water partition coefficient (Wildman–Crippen LogP) is 2.29. The van der Waals surface area contributed by atoms with Gasteiger partial charge in [-0.25, -0.2) is 4.79 Å². The van der Waals surface area contributed by atoms with Crippen molar-refractivity contribution in [2.45, 2.75) is 51.7 Å². The third-order valence-electron chi connectivity index (χ3n) is 5.73. The van der Waals surface area contributed by atoms with Crippen molar-refractivity contribution in [1.29, 1.82) is 0 Å². The first-order chi connectivity index (χ1) is 8.43. The number of carbonyl (C=O) groups is 1. The summed E-state index contributed by atoms with van der Waals surface area (Å²) in [6.45, 7) is 8.32. The zero-order valence-electron chi connectivity index (χ0n) is 11.2. The van der Waals surface area contributed by atoms with E-state index in [9.17, 15) is 9.90 Å². The van der Waals surface area contributed by atoms with Gasteiger partial charge in [0, 0.05) is 11.5 Å². The van der Waals surface area contributed by atoms with E-state index in [2.05, 4.69) is 20.4 Å². The second-order valence-electron chi connectivity index (χ2n) is 6.70. The summed E-state index contributed by atoms with van der Waals surface area (Å²) in [4.78, 5) is 11.7. The molecule has 6 atom stereocenters. The van der Waals surface area contributed by atoms with Crippen LogP contribution < -0.4 is 0 Å². The number of carbonyl (C=O) groups excluding carboxylic acids is 1. The van der Waals surface area contributed by atoms with Crippen molar-refractivity contribution in [3.8, 4) is 0 Å². The molecule has 0 radical (unpaired) electrons. The summed E-state index contributed by atoms with van der Waals surface area (Å²) in [5.74, 6) is 0.930. The van der Waals surface area contributed by atoms with Crippen molar-refractivity contribution in [3.05, 3.63) is 12.2 Å². The summed E-state index contributed by atoms with van der Waals surface area (Å²) in [5, 5.41) is 10.3. The van der Waals surface area contributed by atoms with E-state index < -0.39 is 0 Å². The molecule has 1 heterocycles. The van der Waals surface area contributed by atoms with Gasteiger partial charge in [0.1, 0.15) is 6.10 Å². The first kappa shape index (κ1) is 12.2. The Labute approximate surface area is 108 Å². The largest absolute Gasteiger partial charge is 0.458 e. The molecule has 0 spiro atoms. The number of aliphatic hydroxyl groups excluding tert-OH is 1. The molecule has 1 N–H and O–H groups in total. The van der Waals surface area contributed by atoms with Gasteiger partial charge in [-0.1, -0.05) is 20.4 Å². The van der Waals surface area contributed by atoms with E-state index in [-0.39, 0.29) is 29.5 Å². The molecule has 1 aliphatic heterocycles. The van der Waals surface area contributed by atoms with E-state index >= 15 is 0 Å². The molecule has 3 rings (SSSR count). The Morgan fingerprint density at radius 1 is 1.44 bits per heavy atom. The van der Waals surface area contributed by atoms with Crippen LogP contribution in [-0.2, 0) is 9.53 Å². The van der Waals surface area contributed by atoms with Crippen molar-refractivity contribution >= 4 is 5.97 Å². The third kappa shape index (κ3) is 1.49. The fourth-order valence-electron chi connectivity index (χ4n) is 4.61. The summed E-state index contributed by atoms with van der Waals surface area (Å²) in [7, 11) is 0. The number of ether oxygens (including phenoxy) is 1. The van der Waals surface area contributed by atoms with Crippen LogP contribution in [0.15, 0.2) is 12.2 Å². The van der Waals surface area contributed by atoms with Crippen LogP contribution in [0.2, 0.25) is 0 Å². The number of esters is 1. The van der Waals surface area contributed by atoms with E-state index in [0.717, 1.165) is 25.7 Å². The summed E-state index contributed by atoms with van der Waals surface area (Å²) in [6.07, 6.45) is 3.51. The van der Waals surface area contributed by atoms with Crippen LogP contribution in [0.5, 0.6) is 0 Å². The average molecular weight is 250 g/mol. The Balaban J connectivity index is 1.96. The topological polar surface area (TPSA) is 46.5 Å². The first-order valence-corrected chi connectivity index (χ1v) is 7.01. The van der Waals surface area contributed by atoms with Crippen molar-refractivity contribution in [1.82, 2.24) is 0 Å². The fourth-order valence-corrected chi connectivity index (χ4v) is 4.61. The van der Waals surface area contributed by atoms with Crippen LogP contribution >= 0.6 is 0 Å². The van der Waals surface area contributed by atoms with Crippen LogP contribution in [0.25, 0.3) is 0 Å². The van der Waals surface area contributed by atoms with Gasteiger partial charge in [-0.2, -0.15) is 0 Å². The summed E-state index contributed by atoms with van der Waals surface area (Å²) in [5.41, 5.74) is 0.545. The maximum atomic E-state index is 11.7. The Morgan fingerprint density at radius 2 is 2.17 bits per heavy atom. The minimum atomic E-state index is -0.243. The van der Waals surface area contributed by atoms with Gasteiger partial charge < -0.3 is 9.84 Å². The zero-order valence-corrected chi connectivity index (χ0v) is 11.2. The lowest BCUT2D eigenvalue weighted by molar-refractivity contribution is -0.139.